The Bertz CT molecular complexity index is 1380. The molecular formula is C30H35FN6O2. The Balaban J connectivity index is 1.13. The van der Waals surface area contributed by atoms with Crippen LogP contribution in [0.1, 0.15) is 60.8 Å². The quantitative estimate of drug-likeness (QED) is 0.451. The average Bonchev–Trinajstić information content (AvgIpc) is 3.36. The van der Waals surface area contributed by atoms with Crippen LogP contribution in [0, 0.1) is 17.2 Å². The molecule has 1 N–H and O–H groups in total. The molecule has 0 bridgehead atoms. The van der Waals surface area contributed by atoms with Crippen molar-refractivity contribution in [2.45, 2.75) is 59.2 Å². The van der Waals surface area contributed by atoms with E-state index < -0.39 is 5.82 Å². The van der Waals surface area contributed by atoms with Gasteiger partial charge in [0.25, 0.3) is 5.91 Å². The monoisotopic (exact) mass is 530 g/mol. The lowest BCUT2D eigenvalue weighted by Crippen LogP contribution is -2.63. The maximum Gasteiger partial charge on any atom is 0.257 e. The van der Waals surface area contributed by atoms with Crippen LogP contribution in [0.4, 0.5) is 10.2 Å². The lowest BCUT2D eigenvalue weighted by atomic mass is 9.56. The van der Waals surface area contributed by atoms with Crippen LogP contribution in [-0.2, 0) is 19.5 Å². The lowest BCUT2D eigenvalue weighted by molar-refractivity contribution is 0.0231. The van der Waals surface area contributed by atoms with Crippen LogP contribution in [0.15, 0.2) is 43.0 Å². The van der Waals surface area contributed by atoms with Gasteiger partial charge in [-0.2, -0.15) is 0 Å². The molecule has 2 aliphatic heterocycles. The summed E-state index contributed by atoms with van der Waals surface area (Å²) < 4.78 is 20.4. The molecule has 9 heteroatoms. The Morgan fingerprint density at radius 2 is 2.03 bits per heavy atom. The second-order valence-corrected chi connectivity index (χ2v) is 11.5. The Morgan fingerprint density at radius 3 is 2.79 bits per heavy atom. The fraction of sp³-hybridized carbons (Fsp3) is 0.467. The van der Waals surface area contributed by atoms with Gasteiger partial charge in [0.05, 0.1) is 17.5 Å². The summed E-state index contributed by atoms with van der Waals surface area (Å²) in [4.78, 5) is 30.4. The SMILES string of the molecule is CCN(C(=O)c1cc(F)ccc1Oc1cncnc1N1CC2(CC(Cc3ccnc4c3CNC4)C2)C1)C(C)C. The molecular weight excluding hydrogens is 495 g/mol. The summed E-state index contributed by atoms with van der Waals surface area (Å²) >= 11 is 0. The third-order valence-corrected chi connectivity index (χ3v) is 8.42. The lowest BCUT2D eigenvalue weighted by Gasteiger charge is -2.59. The van der Waals surface area contributed by atoms with Gasteiger partial charge < -0.3 is 19.9 Å². The first-order chi connectivity index (χ1) is 18.9. The number of nitrogens with one attached hydrogen (secondary N) is 1. The van der Waals surface area contributed by atoms with Gasteiger partial charge in [-0.15, -0.1) is 0 Å². The maximum atomic E-state index is 14.2. The molecule has 39 heavy (non-hydrogen) atoms. The maximum absolute atomic E-state index is 14.2. The highest BCUT2D eigenvalue weighted by molar-refractivity contribution is 5.97. The van der Waals surface area contributed by atoms with E-state index in [1.165, 1.54) is 54.2 Å². The summed E-state index contributed by atoms with van der Waals surface area (Å²) in [7, 11) is 0. The molecule has 0 radical (unpaired) electrons. The van der Waals surface area contributed by atoms with Crippen LogP contribution >= 0.6 is 0 Å². The van der Waals surface area contributed by atoms with Crippen molar-refractivity contribution in [2.24, 2.45) is 11.3 Å². The summed E-state index contributed by atoms with van der Waals surface area (Å²) in [6, 6.07) is 6.22. The number of carbonyl (C=O) groups excluding carboxylic acids is 1. The third kappa shape index (κ3) is 4.84. The van der Waals surface area contributed by atoms with Gasteiger partial charge in [0.15, 0.2) is 11.6 Å². The van der Waals surface area contributed by atoms with Crippen molar-refractivity contribution in [3.8, 4) is 11.5 Å². The van der Waals surface area contributed by atoms with Gasteiger partial charge in [-0.1, -0.05) is 0 Å². The Kier molecular flexibility index (Phi) is 6.71. The third-order valence-electron chi connectivity index (χ3n) is 8.42. The molecule has 3 aromatic rings. The van der Waals surface area contributed by atoms with Gasteiger partial charge in [-0.05, 0) is 81.3 Å². The van der Waals surface area contributed by atoms with E-state index in [4.69, 9.17) is 4.74 Å². The van der Waals surface area contributed by atoms with E-state index in [-0.39, 0.29) is 17.5 Å². The number of carbonyl (C=O) groups is 1. The van der Waals surface area contributed by atoms with Crippen molar-refractivity contribution in [3.63, 3.8) is 0 Å². The fourth-order valence-electron chi connectivity index (χ4n) is 6.63. The van der Waals surface area contributed by atoms with Crippen molar-refractivity contribution in [1.29, 1.82) is 0 Å². The standard InChI is InChI=1S/C30H35FN6O2/c1-4-37(19(2)3)29(38)23-10-22(31)5-6-26(23)39-27-15-33-18-35-28(27)36-16-30(17-36)11-20(12-30)9-21-7-8-34-25-14-32-13-24(21)25/h5-8,10,15,18-20,32H,4,9,11-14,16-17H2,1-3H3. The largest absolute Gasteiger partial charge is 0.451 e. The topological polar surface area (TPSA) is 83.5 Å². The molecule has 6 rings (SSSR count). The summed E-state index contributed by atoms with van der Waals surface area (Å²) in [5, 5.41) is 3.42. The molecule has 1 spiro atoms. The van der Waals surface area contributed by atoms with Crippen molar-refractivity contribution < 1.29 is 13.9 Å². The molecule has 204 valence electrons. The fourth-order valence-corrected chi connectivity index (χ4v) is 6.63. The van der Waals surface area contributed by atoms with Gasteiger partial charge in [-0.25, -0.2) is 14.4 Å². The van der Waals surface area contributed by atoms with E-state index in [0.29, 0.717) is 35.2 Å². The van der Waals surface area contributed by atoms with Crippen LogP contribution in [0.3, 0.4) is 0 Å². The number of pyridine rings is 1. The molecule has 0 unspecified atom stereocenters. The van der Waals surface area contributed by atoms with Crippen LogP contribution in [-0.4, -0.2) is 51.4 Å². The summed E-state index contributed by atoms with van der Waals surface area (Å²) in [5.41, 5.74) is 4.55. The van der Waals surface area contributed by atoms with Crippen LogP contribution in [0.2, 0.25) is 0 Å². The van der Waals surface area contributed by atoms with Crippen LogP contribution in [0.5, 0.6) is 11.5 Å². The van der Waals surface area contributed by atoms with E-state index in [9.17, 15) is 9.18 Å². The summed E-state index contributed by atoms with van der Waals surface area (Å²) in [5.74, 6) is 1.42. The molecule has 3 aliphatic rings. The minimum atomic E-state index is -0.479. The number of nitrogens with zero attached hydrogens (tertiary/aromatic N) is 5. The highest BCUT2D eigenvalue weighted by Gasteiger charge is 2.53. The van der Waals surface area contributed by atoms with Crippen molar-refractivity contribution >= 4 is 11.7 Å². The molecule has 1 aromatic carbocycles. The first-order valence-electron chi connectivity index (χ1n) is 13.9. The zero-order chi connectivity index (χ0) is 27.1. The molecule has 8 nitrogen and oxygen atoms in total. The van der Waals surface area contributed by atoms with E-state index in [0.717, 1.165) is 32.6 Å². The molecule has 2 aromatic heterocycles. The number of amides is 1. The predicted molar refractivity (Wildman–Crippen MR) is 146 cm³/mol. The minimum absolute atomic E-state index is 0.0195. The second kappa shape index (κ2) is 10.2. The van der Waals surface area contributed by atoms with Gasteiger partial charge in [0.2, 0.25) is 0 Å². The number of rotatable bonds is 8. The van der Waals surface area contributed by atoms with Crippen molar-refractivity contribution in [3.05, 3.63) is 71.2 Å². The average molecular weight is 531 g/mol. The first kappa shape index (κ1) is 25.7. The first-order valence-corrected chi connectivity index (χ1v) is 13.9. The van der Waals surface area contributed by atoms with E-state index in [1.807, 2.05) is 27.0 Å². The number of hydrogen-bond donors (Lipinski definition) is 1. The number of aromatic nitrogens is 3. The highest BCUT2D eigenvalue weighted by Crippen LogP contribution is 2.54. The van der Waals surface area contributed by atoms with E-state index >= 15 is 0 Å². The number of benzene rings is 1. The molecule has 1 saturated heterocycles. The molecule has 1 aliphatic carbocycles. The van der Waals surface area contributed by atoms with Crippen molar-refractivity contribution in [2.75, 3.05) is 24.5 Å². The minimum Gasteiger partial charge on any atom is -0.451 e. The number of hydrogen-bond acceptors (Lipinski definition) is 7. The van der Waals surface area contributed by atoms with E-state index in [1.54, 1.807) is 11.1 Å². The zero-order valence-electron chi connectivity index (χ0n) is 22.8. The molecule has 4 heterocycles. The molecule has 2 fully saturated rings. The smallest absolute Gasteiger partial charge is 0.257 e. The van der Waals surface area contributed by atoms with Crippen LogP contribution < -0.4 is 15.0 Å². The second-order valence-electron chi connectivity index (χ2n) is 11.5. The summed E-state index contributed by atoms with van der Waals surface area (Å²) in [6.07, 6.45) is 8.60. The number of fused-ring (bicyclic) bond motifs is 1. The van der Waals surface area contributed by atoms with Gasteiger partial charge in [0, 0.05) is 50.4 Å². The Labute approximate surface area is 228 Å². The van der Waals surface area contributed by atoms with Crippen LogP contribution in [0.25, 0.3) is 0 Å². The number of halogens is 1. The predicted octanol–water partition coefficient (Wildman–Crippen LogP) is 4.74. The van der Waals surface area contributed by atoms with E-state index in [2.05, 4.69) is 31.2 Å². The Morgan fingerprint density at radius 1 is 1.21 bits per heavy atom. The van der Waals surface area contributed by atoms with Gasteiger partial charge in [-0.3, -0.25) is 9.78 Å². The van der Waals surface area contributed by atoms with Gasteiger partial charge >= 0.3 is 0 Å². The highest BCUT2D eigenvalue weighted by atomic mass is 19.1. The molecule has 1 amide bonds. The normalized spacial score (nSPS) is 17.6. The Hall–Kier alpha value is -3.59. The summed E-state index contributed by atoms with van der Waals surface area (Å²) in [6.45, 7) is 9.94. The van der Waals surface area contributed by atoms with Crippen molar-refractivity contribution in [1.82, 2.24) is 25.2 Å². The molecule has 0 atom stereocenters. The molecule has 1 saturated carbocycles. The number of ether oxygens (including phenoxy) is 1. The number of anilines is 1. The zero-order valence-corrected chi connectivity index (χ0v) is 22.8. The van der Waals surface area contributed by atoms with Gasteiger partial charge in [0.1, 0.15) is 17.9 Å².